The summed E-state index contributed by atoms with van der Waals surface area (Å²) < 4.78 is 5.29. The van der Waals surface area contributed by atoms with Gasteiger partial charge in [-0.25, -0.2) is 0 Å². The summed E-state index contributed by atoms with van der Waals surface area (Å²) in [5.74, 6) is -0.0730. The van der Waals surface area contributed by atoms with Gasteiger partial charge in [-0.05, 0) is 43.0 Å². The highest BCUT2D eigenvalue weighted by atomic mass is 16.3. The summed E-state index contributed by atoms with van der Waals surface area (Å²) in [7, 11) is 0. The van der Waals surface area contributed by atoms with E-state index < -0.39 is 0 Å². The zero-order valence-electron chi connectivity index (χ0n) is 14.4. The van der Waals surface area contributed by atoms with Crippen LogP contribution < -0.4 is 5.32 Å². The lowest BCUT2D eigenvalue weighted by atomic mass is 9.99. The van der Waals surface area contributed by atoms with Gasteiger partial charge in [0.15, 0.2) is 0 Å². The van der Waals surface area contributed by atoms with E-state index in [4.69, 9.17) is 4.42 Å². The molecule has 6 heteroatoms. The first kappa shape index (κ1) is 17.9. The third-order valence-corrected chi connectivity index (χ3v) is 4.41. The Hall–Kier alpha value is -2.86. The van der Waals surface area contributed by atoms with Crippen LogP contribution in [0.1, 0.15) is 29.0 Å². The molecule has 6 nitrogen and oxygen atoms in total. The molecule has 136 valence electrons. The van der Waals surface area contributed by atoms with Gasteiger partial charge in [0.25, 0.3) is 11.8 Å². The van der Waals surface area contributed by atoms with Crippen LogP contribution in [-0.2, 0) is 4.79 Å². The van der Waals surface area contributed by atoms with E-state index in [1.807, 2.05) is 6.07 Å². The second kappa shape index (κ2) is 8.49. The first-order valence-corrected chi connectivity index (χ1v) is 8.69. The van der Waals surface area contributed by atoms with Crippen LogP contribution in [0, 0.1) is 5.92 Å². The number of aliphatic hydroxyl groups is 1. The number of carbonyl (C=O) groups excluding carboxylic acids is 2. The zero-order valence-corrected chi connectivity index (χ0v) is 14.4. The van der Waals surface area contributed by atoms with E-state index in [0.29, 0.717) is 24.4 Å². The van der Waals surface area contributed by atoms with Crippen molar-refractivity contribution in [1.29, 1.82) is 0 Å². The quantitative estimate of drug-likeness (QED) is 0.807. The molecule has 2 N–H and O–H groups in total. The Bertz CT molecular complexity index is 768. The maximum absolute atomic E-state index is 13.0. The number of hydrogen-bond donors (Lipinski definition) is 2. The molecule has 26 heavy (non-hydrogen) atoms. The molecule has 1 fully saturated rings. The molecule has 1 saturated heterocycles. The van der Waals surface area contributed by atoms with Crippen LogP contribution in [0.3, 0.4) is 0 Å². The van der Waals surface area contributed by atoms with Crippen LogP contribution in [0.25, 0.3) is 6.08 Å². The van der Waals surface area contributed by atoms with Gasteiger partial charge >= 0.3 is 0 Å². The lowest BCUT2D eigenvalue weighted by molar-refractivity contribution is -0.129. The minimum absolute atomic E-state index is 0.0530. The number of carbonyl (C=O) groups is 2. The fraction of sp³-hybridized carbons (Fsp3) is 0.300. The first-order chi connectivity index (χ1) is 12.7. The van der Waals surface area contributed by atoms with Crippen LogP contribution in [0.5, 0.6) is 0 Å². The van der Waals surface area contributed by atoms with E-state index in [1.54, 1.807) is 41.3 Å². The number of benzene rings is 1. The minimum Gasteiger partial charge on any atom is -0.465 e. The van der Waals surface area contributed by atoms with Crippen molar-refractivity contribution in [3.63, 3.8) is 0 Å². The summed E-state index contributed by atoms with van der Waals surface area (Å²) in [6.45, 7) is 1.13. The number of piperidine rings is 1. The third-order valence-electron chi connectivity index (χ3n) is 4.41. The van der Waals surface area contributed by atoms with Crippen molar-refractivity contribution >= 4 is 17.9 Å². The van der Waals surface area contributed by atoms with Gasteiger partial charge in [0.1, 0.15) is 11.5 Å². The van der Waals surface area contributed by atoms with E-state index in [1.165, 1.54) is 12.3 Å². The number of nitrogens with one attached hydrogen (secondary N) is 1. The van der Waals surface area contributed by atoms with Gasteiger partial charge in [0.05, 0.1) is 6.26 Å². The van der Waals surface area contributed by atoms with Crippen molar-refractivity contribution in [2.24, 2.45) is 5.92 Å². The number of likely N-dealkylation sites (tertiary alicyclic amines) is 1. The molecule has 0 spiro atoms. The van der Waals surface area contributed by atoms with Crippen LogP contribution in [0.2, 0.25) is 0 Å². The molecule has 0 aliphatic carbocycles. The minimum atomic E-state index is -0.354. The summed E-state index contributed by atoms with van der Waals surface area (Å²) in [5.41, 5.74) is 0.630. The lowest BCUT2D eigenvalue weighted by Gasteiger charge is -2.32. The second-order valence-electron chi connectivity index (χ2n) is 6.34. The molecular formula is C20H22N2O4. The monoisotopic (exact) mass is 354 g/mol. The Morgan fingerprint density at radius 1 is 1.23 bits per heavy atom. The van der Waals surface area contributed by atoms with Crippen LogP contribution in [0.15, 0.2) is 58.8 Å². The molecule has 2 aromatic rings. The Labute approximate surface area is 152 Å². The number of rotatable bonds is 5. The third kappa shape index (κ3) is 4.40. The maximum Gasteiger partial charge on any atom is 0.270 e. The molecule has 1 aliphatic heterocycles. The standard InChI is InChI=1S/C20H22N2O4/c23-14-15-6-4-10-22(13-15)20(25)18(12-17-9-5-11-26-17)21-19(24)16-7-2-1-3-8-16/h1-3,5,7-9,11-12,15,23H,4,6,10,13-14H2,(H,21,24)/b18-12+. The van der Waals surface area contributed by atoms with Crippen molar-refractivity contribution in [3.8, 4) is 0 Å². The Morgan fingerprint density at radius 3 is 2.73 bits per heavy atom. The highest BCUT2D eigenvalue weighted by molar-refractivity contribution is 6.05. The Morgan fingerprint density at radius 2 is 2.04 bits per heavy atom. The van der Waals surface area contributed by atoms with Gasteiger partial charge < -0.3 is 19.7 Å². The second-order valence-corrected chi connectivity index (χ2v) is 6.34. The first-order valence-electron chi connectivity index (χ1n) is 8.69. The van der Waals surface area contributed by atoms with Crippen molar-refractivity contribution in [2.75, 3.05) is 19.7 Å². The average molecular weight is 354 g/mol. The molecule has 1 aromatic carbocycles. The summed E-state index contributed by atoms with van der Waals surface area (Å²) in [4.78, 5) is 27.1. The highest BCUT2D eigenvalue weighted by Crippen LogP contribution is 2.18. The predicted molar refractivity (Wildman–Crippen MR) is 97.0 cm³/mol. The van der Waals surface area contributed by atoms with Gasteiger partial charge in [-0.15, -0.1) is 0 Å². The molecule has 1 aromatic heterocycles. The van der Waals surface area contributed by atoms with Gasteiger partial charge in [0.2, 0.25) is 0 Å². The Balaban J connectivity index is 1.81. The Kier molecular flexibility index (Phi) is 5.86. The topological polar surface area (TPSA) is 82.8 Å². The molecule has 2 heterocycles. The largest absolute Gasteiger partial charge is 0.465 e. The van der Waals surface area contributed by atoms with E-state index in [0.717, 1.165) is 12.8 Å². The number of furan rings is 1. The summed E-state index contributed by atoms with van der Waals surface area (Å²) in [5, 5.41) is 12.1. The summed E-state index contributed by atoms with van der Waals surface area (Å²) in [6.07, 6.45) is 4.77. The zero-order chi connectivity index (χ0) is 18.4. The molecular weight excluding hydrogens is 332 g/mol. The molecule has 1 aliphatic rings. The predicted octanol–water partition coefficient (Wildman–Crippen LogP) is 2.28. The van der Waals surface area contributed by atoms with Gasteiger partial charge in [-0.1, -0.05) is 18.2 Å². The number of hydrogen-bond acceptors (Lipinski definition) is 4. The smallest absolute Gasteiger partial charge is 0.270 e. The maximum atomic E-state index is 13.0. The van der Waals surface area contributed by atoms with E-state index in [-0.39, 0.29) is 30.0 Å². The van der Waals surface area contributed by atoms with E-state index >= 15 is 0 Å². The summed E-state index contributed by atoms with van der Waals surface area (Å²) >= 11 is 0. The molecule has 1 unspecified atom stereocenters. The number of nitrogens with zero attached hydrogens (tertiary/aromatic N) is 1. The van der Waals surface area contributed by atoms with E-state index in [9.17, 15) is 14.7 Å². The molecule has 0 radical (unpaired) electrons. The molecule has 3 rings (SSSR count). The molecule has 1 atom stereocenters. The average Bonchev–Trinajstić information content (AvgIpc) is 3.20. The lowest BCUT2D eigenvalue weighted by Crippen LogP contribution is -2.44. The van der Waals surface area contributed by atoms with Crippen molar-refractivity contribution in [2.45, 2.75) is 12.8 Å². The molecule has 2 amide bonds. The molecule has 0 bridgehead atoms. The SMILES string of the molecule is O=C(N/C(=C/c1ccco1)C(=O)N1CCCC(CO)C1)c1ccccc1. The highest BCUT2D eigenvalue weighted by Gasteiger charge is 2.26. The van der Waals surface area contributed by atoms with Gasteiger partial charge in [0, 0.05) is 31.3 Å². The number of aliphatic hydroxyl groups excluding tert-OH is 1. The van der Waals surface area contributed by atoms with Crippen molar-refractivity contribution in [1.82, 2.24) is 10.2 Å². The van der Waals surface area contributed by atoms with Crippen LogP contribution >= 0.6 is 0 Å². The van der Waals surface area contributed by atoms with E-state index in [2.05, 4.69) is 5.32 Å². The normalized spacial score (nSPS) is 17.8. The summed E-state index contributed by atoms with van der Waals surface area (Å²) in [6, 6.07) is 12.2. The van der Waals surface area contributed by atoms with Crippen LogP contribution in [0.4, 0.5) is 0 Å². The fourth-order valence-electron chi connectivity index (χ4n) is 3.02. The van der Waals surface area contributed by atoms with Crippen molar-refractivity contribution in [3.05, 3.63) is 65.7 Å². The van der Waals surface area contributed by atoms with Crippen LogP contribution in [-0.4, -0.2) is 41.5 Å². The van der Waals surface area contributed by atoms with Gasteiger partial charge in [-0.3, -0.25) is 9.59 Å². The van der Waals surface area contributed by atoms with Crippen molar-refractivity contribution < 1.29 is 19.1 Å². The fourth-order valence-corrected chi connectivity index (χ4v) is 3.02. The van der Waals surface area contributed by atoms with Gasteiger partial charge in [-0.2, -0.15) is 0 Å². The molecule has 0 saturated carbocycles. The number of amides is 2.